The molecule has 7 nitrogen and oxygen atoms in total. The van der Waals surface area contributed by atoms with E-state index in [1.165, 1.54) is 17.0 Å². The number of hydrogen-bond donors (Lipinski definition) is 1. The molecule has 1 amide bonds. The van der Waals surface area contributed by atoms with E-state index in [1.807, 2.05) is 0 Å². The number of amides is 1. The number of carbonyl (C=O) groups is 2. The number of carboxylic acid groups (broad SMARTS) is 1. The lowest BCUT2D eigenvalue weighted by Gasteiger charge is -2.23. The third-order valence-electron chi connectivity index (χ3n) is 3.72. The summed E-state index contributed by atoms with van der Waals surface area (Å²) in [6.07, 6.45) is 0.337. The summed E-state index contributed by atoms with van der Waals surface area (Å²) in [5, 5.41) is 20.3. The summed E-state index contributed by atoms with van der Waals surface area (Å²) in [5.74, 6) is -2.17. The van der Waals surface area contributed by atoms with Crippen LogP contribution in [0.15, 0.2) is 18.2 Å². The summed E-state index contributed by atoms with van der Waals surface area (Å²) in [4.78, 5) is 35.2. The first-order valence-corrected chi connectivity index (χ1v) is 6.68. The van der Waals surface area contributed by atoms with Crippen LogP contribution in [0.4, 0.5) is 5.69 Å². The number of benzene rings is 1. The molecule has 0 spiro atoms. The predicted octanol–water partition coefficient (Wildman–Crippen LogP) is 2.18. The monoisotopic (exact) mass is 312 g/mol. The first-order chi connectivity index (χ1) is 9.82. The molecule has 0 radical (unpaired) electrons. The molecule has 21 heavy (non-hydrogen) atoms. The van der Waals surface area contributed by atoms with Gasteiger partial charge in [-0.15, -0.1) is 0 Å². The maximum atomic E-state index is 12.4. The molecule has 8 heteroatoms. The van der Waals surface area contributed by atoms with Gasteiger partial charge >= 0.3 is 5.97 Å². The third kappa shape index (κ3) is 2.82. The molecule has 2 unspecified atom stereocenters. The van der Waals surface area contributed by atoms with Crippen molar-refractivity contribution in [3.05, 3.63) is 38.9 Å². The number of halogens is 1. The minimum atomic E-state index is -0.969. The molecule has 1 aromatic rings. The SMILES string of the molecule is CC1C(C(=O)O)CCN1C(=O)c1ccc(Cl)cc1[N+](=O)[O-]. The van der Waals surface area contributed by atoms with Crippen molar-refractivity contribution >= 4 is 29.2 Å². The van der Waals surface area contributed by atoms with Crippen molar-refractivity contribution in [1.29, 1.82) is 0 Å². The maximum absolute atomic E-state index is 12.4. The van der Waals surface area contributed by atoms with Crippen molar-refractivity contribution < 1.29 is 19.6 Å². The third-order valence-corrected chi connectivity index (χ3v) is 3.95. The number of nitrogens with zero attached hydrogens (tertiary/aromatic N) is 2. The summed E-state index contributed by atoms with van der Waals surface area (Å²) in [6, 6.07) is 3.30. The van der Waals surface area contributed by atoms with Crippen LogP contribution in [-0.4, -0.2) is 39.4 Å². The van der Waals surface area contributed by atoms with Crippen molar-refractivity contribution in [3.63, 3.8) is 0 Å². The zero-order valence-electron chi connectivity index (χ0n) is 11.2. The average Bonchev–Trinajstić information content (AvgIpc) is 2.79. The first kappa shape index (κ1) is 15.2. The van der Waals surface area contributed by atoms with Crippen LogP contribution >= 0.6 is 11.6 Å². The van der Waals surface area contributed by atoms with Crippen molar-refractivity contribution in [3.8, 4) is 0 Å². The second-order valence-corrected chi connectivity index (χ2v) is 5.33. The van der Waals surface area contributed by atoms with E-state index in [1.54, 1.807) is 6.92 Å². The van der Waals surface area contributed by atoms with E-state index in [4.69, 9.17) is 16.7 Å². The highest BCUT2D eigenvalue weighted by Gasteiger charge is 2.39. The molecule has 2 atom stereocenters. The van der Waals surface area contributed by atoms with Crippen LogP contribution in [0.5, 0.6) is 0 Å². The molecule has 1 heterocycles. The Hall–Kier alpha value is -2.15. The number of carbonyl (C=O) groups excluding carboxylic acids is 1. The number of hydrogen-bond acceptors (Lipinski definition) is 4. The minimum Gasteiger partial charge on any atom is -0.481 e. The van der Waals surface area contributed by atoms with E-state index in [0.717, 1.165) is 6.07 Å². The number of nitro groups is 1. The molecule has 1 fully saturated rings. The Labute approximate surface area is 125 Å². The molecule has 0 bridgehead atoms. The minimum absolute atomic E-state index is 0.0812. The summed E-state index contributed by atoms with van der Waals surface area (Å²) in [7, 11) is 0. The van der Waals surface area contributed by atoms with Gasteiger partial charge in [0, 0.05) is 23.7 Å². The van der Waals surface area contributed by atoms with Crippen molar-refractivity contribution in [2.45, 2.75) is 19.4 Å². The standard InChI is InChI=1S/C13H13ClN2O5/c1-7-9(13(18)19)4-5-15(7)12(17)10-3-2-8(14)6-11(10)16(20)21/h2-3,6-7,9H,4-5H2,1H3,(H,18,19). The highest BCUT2D eigenvalue weighted by Crippen LogP contribution is 2.30. The van der Waals surface area contributed by atoms with E-state index in [-0.39, 0.29) is 22.8 Å². The molecule has 1 aliphatic heterocycles. The van der Waals surface area contributed by atoms with Crippen LogP contribution in [0.1, 0.15) is 23.7 Å². The number of aliphatic carboxylic acids is 1. The Morgan fingerprint density at radius 2 is 2.14 bits per heavy atom. The van der Waals surface area contributed by atoms with Crippen LogP contribution < -0.4 is 0 Å². The lowest BCUT2D eigenvalue weighted by molar-refractivity contribution is -0.385. The summed E-state index contributed by atoms with van der Waals surface area (Å²) in [6.45, 7) is 1.89. The number of carboxylic acids is 1. The second-order valence-electron chi connectivity index (χ2n) is 4.89. The van der Waals surface area contributed by atoms with Crippen LogP contribution in [0, 0.1) is 16.0 Å². The van der Waals surface area contributed by atoms with Gasteiger partial charge in [-0.1, -0.05) is 11.6 Å². The van der Waals surface area contributed by atoms with E-state index >= 15 is 0 Å². The average molecular weight is 313 g/mol. The lowest BCUT2D eigenvalue weighted by atomic mass is 10.0. The van der Waals surface area contributed by atoms with Gasteiger partial charge in [-0.3, -0.25) is 19.7 Å². The quantitative estimate of drug-likeness (QED) is 0.681. The molecule has 0 aromatic heterocycles. The number of nitro benzene ring substituents is 1. The fourth-order valence-electron chi connectivity index (χ4n) is 2.55. The normalized spacial score (nSPS) is 21.3. The molecule has 112 valence electrons. The molecule has 1 aliphatic rings. The maximum Gasteiger partial charge on any atom is 0.308 e. The molecule has 0 saturated carbocycles. The fraction of sp³-hybridized carbons (Fsp3) is 0.385. The number of rotatable bonds is 3. The van der Waals surface area contributed by atoms with E-state index in [9.17, 15) is 19.7 Å². The van der Waals surface area contributed by atoms with E-state index in [0.29, 0.717) is 6.42 Å². The van der Waals surface area contributed by atoms with Gasteiger partial charge in [-0.25, -0.2) is 0 Å². The van der Waals surface area contributed by atoms with Crippen molar-refractivity contribution in [1.82, 2.24) is 4.90 Å². The lowest BCUT2D eigenvalue weighted by Crippen LogP contribution is -2.37. The summed E-state index contributed by atoms with van der Waals surface area (Å²) in [5.41, 5.74) is -0.458. The zero-order valence-corrected chi connectivity index (χ0v) is 11.9. The van der Waals surface area contributed by atoms with Crippen LogP contribution in [0.3, 0.4) is 0 Å². The van der Waals surface area contributed by atoms with Gasteiger partial charge in [0.15, 0.2) is 0 Å². The summed E-state index contributed by atoms with van der Waals surface area (Å²) >= 11 is 5.71. The van der Waals surface area contributed by atoms with Gasteiger partial charge in [-0.05, 0) is 25.5 Å². The van der Waals surface area contributed by atoms with E-state index in [2.05, 4.69) is 0 Å². The fourth-order valence-corrected chi connectivity index (χ4v) is 2.71. The van der Waals surface area contributed by atoms with Gasteiger partial charge in [0.05, 0.1) is 10.8 Å². The molecule has 0 aliphatic carbocycles. The number of likely N-dealkylation sites (tertiary alicyclic amines) is 1. The first-order valence-electron chi connectivity index (χ1n) is 6.30. The highest BCUT2D eigenvalue weighted by molar-refractivity contribution is 6.31. The molecule has 1 N–H and O–H groups in total. The van der Waals surface area contributed by atoms with Gasteiger partial charge in [-0.2, -0.15) is 0 Å². The predicted molar refractivity (Wildman–Crippen MR) is 74.3 cm³/mol. The van der Waals surface area contributed by atoms with Gasteiger partial charge in [0.25, 0.3) is 11.6 Å². The Morgan fingerprint density at radius 1 is 1.48 bits per heavy atom. The second kappa shape index (κ2) is 5.69. The molecule has 2 rings (SSSR count). The molecule has 1 saturated heterocycles. The molecular weight excluding hydrogens is 300 g/mol. The molecular formula is C13H13ClN2O5. The Bertz CT molecular complexity index is 619. The van der Waals surface area contributed by atoms with Crippen LogP contribution in [0.25, 0.3) is 0 Å². The zero-order chi connectivity index (χ0) is 15.7. The van der Waals surface area contributed by atoms with Gasteiger partial charge < -0.3 is 10.0 Å². The highest BCUT2D eigenvalue weighted by atomic mass is 35.5. The van der Waals surface area contributed by atoms with Crippen molar-refractivity contribution in [2.24, 2.45) is 5.92 Å². The Kier molecular flexibility index (Phi) is 4.13. The Morgan fingerprint density at radius 3 is 2.67 bits per heavy atom. The van der Waals surface area contributed by atoms with Gasteiger partial charge in [0.1, 0.15) is 5.56 Å². The largest absolute Gasteiger partial charge is 0.481 e. The van der Waals surface area contributed by atoms with E-state index < -0.39 is 28.8 Å². The van der Waals surface area contributed by atoms with Crippen molar-refractivity contribution in [2.75, 3.05) is 6.54 Å². The topological polar surface area (TPSA) is 101 Å². The smallest absolute Gasteiger partial charge is 0.308 e. The molecule has 1 aromatic carbocycles. The van der Waals surface area contributed by atoms with Gasteiger partial charge in [0.2, 0.25) is 0 Å². The van der Waals surface area contributed by atoms with Crippen LogP contribution in [-0.2, 0) is 4.79 Å². The summed E-state index contributed by atoms with van der Waals surface area (Å²) < 4.78 is 0. The van der Waals surface area contributed by atoms with Crippen LogP contribution in [0.2, 0.25) is 5.02 Å². The Balaban J connectivity index is 2.33.